The molecular weight excluding hydrogens is 383 g/mol. The Labute approximate surface area is 168 Å². The summed E-state index contributed by atoms with van der Waals surface area (Å²) in [6, 6.07) is 10.9. The molecule has 1 saturated heterocycles. The van der Waals surface area contributed by atoms with Gasteiger partial charge in [0.2, 0.25) is 11.8 Å². The Morgan fingerprint density at radius 2 is 2.00 bits per heavy atom. The number of amides is 2. The Hall–Kier alpha value is -2.60. The molecule has 2 amide bonds. The number of benzene rings is 2. The molecule has 0 bridgehead atoms. The van der Waals surface area contributed by atoms with Crippen LogP contribution < -0.4 is 10.1 Å². The van der Waals surface area contributed by atoms with Crippen LogP contribution in [0.2, 0.25) is 5.02 Å². The maximum Gasteiger partial charge on any atom is 0.229 e. The molecule has 0 spiro atoms. The first-order valence-electron chi connectivity index (χ1n) is 9.13. The van der Waals surface area contributed by atoms with Crippen molar-refractivity contribution in [1.82, 2.24) is 4.90 Å². The first kappa shape index (κ1) is 20.1. The van der Waals surface area contributed by atoms with Crippen molar-refractivity contribution in [2.45, 2.75) is 19.3 Å². The highest BCUT2D eigenvalue weighted by atomic mass is 35.5. The average Bonchev–Trinajstić information content (AvgIpc) is 2.70. The maximum absolute atomic E-state index is 13.0. The zero-order valence-corrected chi connectivity index (χ0v) is 16.3. The number of nitrogens with zero attached hydrogens (tertiary/aromatic N) is 1. The van der Waals surface area contributed by atoms with E-state index in [-0.39, 0.29) is 30.0 Å². The number of piperidine rings is 1. The van der Waals surface area contributed by atoms with Crippen molar-refractivity contribution in [3.8, 4) is 5.75 Å². The smallest absolute Gasteiger partial charge is 0.229 e. The highest BCUT2D eigenvalue weighted by molar-refractivity contribution is 6.31. The highest BCUT2D eigenvalue weighted by Gasteiger charge is 2.29. The van der Waals surface area contributed by atoms with E-state index in [9.17, 15) is 14.0 Å². The summed E-state index contributed by atoms with van der Waals surface area (Å²) in [5.74, 6) is -0.348. The molecule has 7 heteroatoms. The van der Waals surface area contributed by atoms with E-state index in [1.54, 1.807) is 35.2 Å². The van der Waals surface area contributed by atoms with E-state index in [0.717, 1.165) is 12.0 Å². The molecule has 1 aliphatic heterocycles. The van der Waals surface area contributed by atoms with Gasteiger partial charge in [0.25, 0.3) is 0 Å². The Morgan fingerprint density at radius 1 is 1.25 bits per heavy atom. The van der Waals surface area contributed by atoms with Gasteiger partial charge in [0.1, 0.15) is 11.6 Å². The summed E-state index contributed by atoms with van der Waals surface area (Å²) < 4.78 is 18.3. The van der Waals surface area contributed by atoms with Gasteiger partial charge in [0, 0.05) is 18.1 Å². The van der Waals surface area contributed by atoms with Crippen molar-refractivity contribution in [2.24, 2.45) is 5.92 Å². The summed E-state index contributed by atoms with van der Waals surface area (Å²) in [4.78, 5) is 27.0. The second kappa shape index (κ2) is 9.06. The molecule has 1 aliphatic rings. The minimum absolute atomic E-state index is 0.0653. The summed E-state index contributed by atoms with van der Waals surface area (Å²) in [7, 11) is 1.52. The van der Waals surface area contributed by atoms with Gasteiger partial charge in [-0.1, -0.05) is 23.7 Å². The van der Waals surface area contributed by atoms with Crippen molar-refractivity contribution >= 4 is 29.1 Å². The third kappa shape index (κ3) is 5.01. The highest BCUT2D eigenvalue weighted by Crippen LogP contribution is 2.29. The first-order chi connectivity index (χ1) is 13.5. The molecule has 0 aliphatic carbocycles. The van der Waals surface area contributed by atoms with Crippen molar-refractivity contribution in [3.05, 3.63) is 58.9 Å². The Kier molecular flexibility index (Phi) is 6.52. The third-order valence-electron chi connectivity index (χ3n) is 4.83. The second-order valence-electron chi connectivity index (χ2n) is 6.82. The Bertz CT molecular complexity index is 857. The van der Waals surface area contributed by atoms with E-state index in [1.165, 1.54) is 19.2 Å². The summed E-state index contributed by atoms with van der Waals surface area (Å²) in [5, 5.41) is 3.36. The van der Waals surface area contributed by atoms with E-state index in [4.69, 9.17) is 16.3 Å². The van der Waals surface area contributed by atoms with Gasteiger partial charge >= 0.3 is 0 Å². The summed E-state index contributed by atoms with van der Waals surface area (Å²) in [5.41, 5.74) is 1.26. The van der Waals surface area contributed by atoms with Crippen LogP contribution in [0, 0.1) is 11.7 Å². The molecule has 1 heterocycles. The largest absolute Gasteiger partial charge is 0.495 e. The summed E-state index contributed by atoms with van der Waals surface area (Å²) in [6.45, 7) is 0.971. The van der Waals surface area contributed by atoms with Gasteiger partial charge in [0.05, 0.1) is 25.1 Å². The number of ether oxygens (including phenoxy) is 1. The maximum atomic E-state index is 13.0. The van der Waals surface area contributed by atoms with E-state index in [2.05, 4.69) is 5.32 Å². The molecule has 5 nitrogen and oxygen atoms in total. The van der Waals surface area contributed by atoms with Crippen LogP contribution in [0.25, 0.3) is 0 Å². The van der Waals surface area contributed by atoms with Gasteiger partial charge in [-0.05, 0) is 48.7 Å². The fourth-order valence-corrected chi connectivity index (χ4v) is 3.49. The third-order valence-corrected chi connectivity index (χ3v) is 5.07. The minimum Gasteiger partial charge on any atom is -0.495 e. The molecule has 0 aromatic heterocycles. The summed E-state index contributed by atoms with van der Waals surface area (Å²) >= 11 is 6.01. The number of halogens is 2. The lowest BCUT2D eigenvalue weighted by Crippen LogP contribution is -2.44. The first-order valence-corrected chi connectivity index (χ1v) is 9.50. The van der Waals surface area contributed by atoms with E-state index >= 15 is 0 Å². The van der Waals surface area contributed by atoms with Gasteiger partial charge < -0.3 is 15.0 Å². The minimum atomic E-state index is -0.331. The van der Waals surface area contributed by atoms with Gasteiger partial charge in [-0.25, -0.2) is 4.39 Å². The summed E-state index contributed by atoms with van der Waals surface area (Å²) in [6.07, 6.45) is 1.64. The molecule has 1 atom stereocenters. The van der Waals surface area contributed by atoms with Crippen LogP contribution in [-0.2, 0) is 16.0 Å². The fourth-order valence-electron chi connectivity index (χ4n) is 3.32. The number of nitrogens with one attached hydrogen (secondary N) is 1. The molecule has 1 fully saturated rings. The molecule has 2 aromatic carbocycles. The SMILES string of the molecule is COc1ccc(Cl)cc1NC(=O)C1CCCN(C(=O)Cc2ccc(F)cc2)C1. The number of hydrogen-bond donors (Lipinski definition) is 1. The molecule has 1 unspecified atom stereocenters. The molecule has 0 radical (unpaired) electrons. The number of carbonyl (C=O) groups is 2. The lowest BCUT2D eigenvalue weighted by atomic mass is 9.96. The van der Waals surface area contributed by atoms with Gasteiger partial charge in [-0.15, -0.1) is 0 Å². The number of rotatable bonds is 5. The number of anilines is 1. The molecule has 1 N–H and O–H groups in total. The zero-order valence-electron chi connectivity index (χ0n) is 15.6. The Morgan fingerprint density at radius 3 is 2.71 bits per heavy atom. The molecule has 0 saturated carbocycles. The second-order valence-corrected chi connectivity index (χ2v) is 7.25. The van der Waals surface area contributed by atoms with Crippen LogP contribution in [0.1, 0.15) is 18.4 Å². The normalized spacial score (nSPS) is 16.5. The molecule has 2 aromatic rings. The fraction of sp³-hybridized carbons (Fsp3) is 0.333. The lowest BCUT2D eigenvalue weighted by Gasteiger charge is -2.32. The Balaban J connectivity index is 1.62. The van der Waals surface area contributed by atoms with Crippen LogP contribution in [0.5, 0.6) is 5.75 Å². The van der Waals surface area contributed by atoms with Crippen LogP contribution in [0.15, 0.2) is 42.5 Å². The number of likely N-dealkylation sites (tertiary alicyclic amines) is 1. The van der Waals surface area contributed by atoms with Gasteiger partial charge in [-0.2, -0.15) is 0 Å². The van der Waals surface area contributed by atoms with Crippen molar-refractivity contribution in [2.75, 3.05) is 25.5 Å². The monoisotopic (exact) mass is 404 g/mol. The average molecular weight is 405 g/mol. The van der Waals surface area contributed by atoms with Gasteiger partial charge in [-0.3, -0.25) is 9.59 Å². The van der Waals surface area contributed by atoms with E-state index in [0.29, 0.717) is 36.0 Å². The molecule has 148 valence electrons. The topological polar surface area (TPSA) is 58.6 Å². The van der Waals surface area contributed by atoms with Crippen molar-refractivity contribution in [3.63, 3.8) is 0 Å². The van der Waals surface area contributed by atoms with Gasteiger partial charge in [0.15, 0.2) is 0 Å². The number of methoxy groups -OCH3 is 1. The number of carbonyl (C=O) groups excluding carboxylic acids is 2. The number of hydrogen-bond acceptors (Lipinski definition) is 3. The zero-order chi connectivity index (χ0) is 20.1. The van der Waals surface area contributed by atoms with Crippen LogP contribution in [0.4, 0.5) is 10.1 Å². The van der Waals surface area contributed by atoms with Crippen LogP contribution in [0.3, 0.4) is 0 Å². The van der Waals surface area contributed by atoms with Crippen LogP contribution >= 0.6 is 11.6 Å². The molecular formula is C21H22ClFN2O3. The standard InChI is InChI=1S/C21H22ClFN2O3/c1-28-19-9-6-16(22)12-18(19)24-21(27)15-3-2-10-25(13-15)20(26)11-14-4-7-17(23)8-5-14/h4-9,12,15H,2-3,10-11,13H2,1H3,(H,24,27). The molecule has 3 rings (SSSR count). The van der Waals surface area contributed by atoms with Crippen LogP contribution in [-0.4, -0.2) is 36.9 Å². The van der Waals surface area contributed by atoms with E-state index in [1.807, 2.05) is 0 Å². The van der Waals surface area contributed by atoms with Crippen molar-refractivity contribution in [1.29, 1.82) is 0 Å². The van der Waals surface area contributed by atoms with E-state index < -0.39 is 0 Å². The quantitative estimate of drug-likeness (QED) is 0.822. The lowest BCUT2D eigenvalue weighted by molar-refractivity contribution is -0.133. The predicted molar refractivity (Wildman–Crippen MR) is 106 cm³/mol. The predicted octanol–water partition coefficient (Wildman–Crippen LogP) is 3.91. The van der Waals surface area contributed by atoms with Crippen molar-refractivity contribution < 1.29 is 18.7 Å². The molecule has 28 heavy (non-hydrogen) atoms.